The van der Waals surface area contributed by atoms with Crippen LogP contribution >= 0.6 is 0 Å². The Morgan fingerprint density at radius 1 is 0.966 bits per heavy atom. The van der Waals surface area contributed by atoms with Crippen LogP contribution in [0.5, 0.6) is 11.5 Å². The van der Waals surface area contributed by atoms with Gasteiger partial charge in [-0.15, -0.1) is 0 Å². The standard InChI is InChI=1S/C22H22N4O3/c1-14-3-5-16(6-4-14)13-23-22(27)18-12-21(25-15(2)24-18)26-17-7-8-19-20(11-17)29-10-9-28-19/h3-8,11-12H,9-10,13H2,1-2H3,(H,23,27)(H,24,25,26). The minimum atomic E-state index is -0.249. The summed E-state index contributed by atoms with van der Waals surface area (Å²) < 4.78 is 11.1. The fourth-order valence-electron chi connectivity index (χ4n) is 3.00. The molecule has 0 saturated heterocycles. The monoisotopic (exact) mass is 390 g/mol. The first-order valence-corrected chi connectivity index (χ1v) is 9.43. The van der Waals surface area contributed by atoms with E-state index in [-0.39, 0.29) is 5.91 Å². The van der Waals surface area contributed by atoms with Crippen LogP contribution in [0.2, 0.25) is 0 Å². The number of nitrogens with zero attached hydrogens (tertiary/aromatic N) is 2. The van der Waals surface area contributed by atoms with Gasteiger partial charge in [0.05, 0.1) is 0 Å². The van der Waals surface area contributed by atoms with Gasteiger partial charge >= 0.3 is 0 Å². The van der Waals surface area contributed by atoms with Gasteiger partial charge in [-0.2, -0.15) is 0 Å². The average Bonchev–Trinajstić information content (AvgIpc) is 2.72. The predicted molar refractivity (Wildman–Crippen MR) is 110 cm³/mol. The van der Waals surface area contributed by atoms with Gasteiger partial charge in [0.2, 0.25) is 0 Å². The van der Waals surface area contributed by atoms with E-state index in [0.29, 0.717) is 42.8 Å². The smallest absolute Gasteiger partial charge is 0.270 e. The zero-order valence-electron chi connectivity index (χ0n) is 16.4. The number of amides is 1. The number of hydrogen-bond donors (Lipinski definition) is 2. The molecule has 0 saturated carbocycles. The van der Waals surface area contributed by atoms with Gasteiger partial charge in [-0.25, -0.2) is 9.97 Å². The van der Waals surface area contributed by atoms with Crippen molar-refractivity contribution in [1.82, 2.24) is 15.3 Å². The van der Waals surface area contributed by atoms with Crippen LogP contribution in [0, 0.1) is 13.8 Å². The van der Waals surface area contributed by atoms with Crippen molar-refractivity contribution >= 4 is 17.4 Å². The lowest BCUT2D eigenvalue weighted by Gasteiger charge is -2.19. The van der Waals surface area contributed by atoms with E-state index in [2.05, 4.69) is 20.6 Å². The summed E-state index contributed by atoms with van der Waals surface area (Å²) in [6.45, 7) is 5.29. The predicted octanol–water partition coefficient (Wildman–Crippen LogP) is 3.54. The van der Waals surface area contributed by atoms with E-state index < -0.39 is 0 Å². The maximum absolute atomic E-state index is 12.6. The lowest BCUT2D eigenvalue weighted by atomic mass is 10.1. The van der Waals surface area contributed by atoms with E-state index >= 15 is 0 Å². The second-order valence-corrected chi connectivity index (χ2v) is 6.84. The van der Waals surface area contributed by atoms with Crippen molar-refractivity contribution in [3.63, 3.8) is 0 Å². The van der Waals surface area contributed by atoms with E-state index in [1.54, 1.807) is 13.0 Å². The highest BCUT2D eigenvalue weighted by Gasteiger charge is 2.14. The summed E-state index contributed by atoms with van der Waals surface area (Å²) >= 11 is 0. The zero-order valence-corrected chi connectivity index (χ0v) is 16.4. The summed E-state index contributed by atoms with van der Waals surface area (Å²) in [4.78, 5) is 21.2. The number of nitrogens with one attached hydrogen (secondary N) is 2. The van der Waals surface area contributed by atoms with Crippen LogP contribution < -0.4 is 20.1 Å². The number of rotatable bonds is 5. The molecule has 2 aromatic carbocycles. The van der Waals surface area contributed by atoms with Gasteiger partial charge in [-0.3, -0.25) is 4.79 Å². The molecular weight excluding hydrogens is 368 g/mol. The molecule has 0 radical (unpaired) electrons. The number of ether oxygens (including phenoxy) is 2. The fourth-order valence-corrected chi connectivity index (χ4v) is 3.00. The summed E-state index contributed by atoms with van der Waals surface area (Å²) in [6, 6.07) is 15.2. The lowest BCUT2D eigenvalue weighted by molar-refractivity contribution is 0.0945. The fraction of sp³-hybridized carbons (Fsp3) is 0.227. The van der Waals surface area contributed by atoms with Gasteiger partial charge in [0.1, 0.15) is 30.5 Å². The highest BCUT2D eigenvalue weighted by molar-refractivity contribution is 5.93. The van der Waals surface area contributed by atoms with Crippen LogP contribution in [0.25, 0.3) is 0 Å². The number of hydrogen-bond acceptors (Lipinski definition) is 6. The Kier molecular flexibility index (Phi) is 5.29. The van der Waals surface area contributed by atoms with E-state index in [9.17, 15) is 4.79 Å². The molecule has 1 aliphatic heterocycles. The number of fused-ring (bicyclic) bond motifs is 1. The highest BCUT2D eigenvalue weighted by Crippen LogP contribution is 2.33. The molecule has 1 aliphatic rings. The number of carbonyl (C=O) groups excluding carboxylic acids is 1. The third-order valence-electron chi connectivity index (χ3n) is 4.46. The third kappa shape index (κ3) is 4.63. The van der Waals surface area contributed by atoms with Gasteiger partial charge in [0.15, 0.2) is 11.5 Å². The van der Waals surface area contributed by atoms with Crippen LogP contribution in [0.1, 0.15) is 27.4 Å². The number of carbonyl (C=O) groups is 1. The molecule has 2 heterocycles. The first-order chi connectivity index (χ1) is 14.1. The van der Waals surface area contributed by atoms with Gasteiger partial charge < -0.3 is 20.1 Å². The lowest BCUT2D eigenvalue weighted by Crippen LogP contribution is -2.24. The number of aromatic nitrogens is 2. The van der Waals surface area contributed by atoms with Crippen molar-refractivity contribution in [1.29, 1.82) is 0 Å². The molecule has 0 unspecified atom stereocenters. The molecule has 1 amide bonds. The molecular formula is C22H22N4O3. The summed E-state index contributed by atoms with van der Waals surface area (Å²) in [6.07, 6.45) is 0. The van der Waals surface area contributed by atoms with Crippen molar-refractivity contribution < 1.29 is 14.3 Å². The minimum Gasteiger partial charge on any atom is -0.486 e. The third-order valence-corrected chi connectivity index (χ3v) is 4.46. The maximum Gasteiger partial charge on any atom is 0.270 e. The van der Waals surface area contributed by atoms with Crippen molar-refractivity contribution in [3.8, 4) is 11.5 Å². The molecule has 148 valence electrons. The van der Waals surface area contributed by atoms with Crippen LogP contribution in [0.4, 0.5) is 11.5 Å². The van der Waals surface area contributed by atoms with Crippen molar-refractivity contribution in [2.45, 2.75) is 20.4 Å². The summed E-state index contributed by atoms with van der Waals surface area (Å²) in [7, 11) is 0. The van der Waals surface area contributed by atoms with Gasteiger partial charge in [0, 0.05) is 24.4 Å². The molecule has 4 rings (SSSR count). The van der Waals surface area contributed by atoms with Crippen molar-refractivity contribution in [2.24, 2.45) is 0 Å². The first kappa shape index (κ1) is 18.7. The van der Waals surface area contributed by atoms with Gasteiger partial charge in [-0.05, 0) is 31.5 Å². The van der Waals surface area contributed by atoms with Crippen molar-refractivity contribution in [2.75, 3.05) is 18.5 Å². The summed E-state index contributed by atoms with van der Waals surface area (Å²) in [5, 5.41) is 6.10. The van der Waals surface area contributed by atoms with Crippen molar-refractivity contribution in [3.05, 3.63) is 71.2 Å². The molecule has 0 aliphatic carbocycles. The molecule has 1 aromatic heterocycles. The van der Waals surface area contributed by atoms with Crippen LogP contribution in [-0.4, -0.2) is 29.1 Å². The number of anilines is 2. The van der Waals surface area contributed by atoms with Gasteiger partial charge in [-0.1, -0.05) is 29.8 Å². The van der Waals surface area contributed by atoms with Crippen LogP contribution in [0.15, 0.2) is 48.5 Å². The second-order valence-electron chi connectivity index (χ2n) is 6.84. The Morgan fingerprint density at radius 2 is 1.72 bits per heavy atom. The summed E-state index contributed by atoms with van der Waals surface area (Å²) in [5.41, 5.74) is 3.31. The average molecular weight is 390 g/mol. The molecule has 2 N–H and O–H groups in total. The highest BCUT2D eigenvalue weighted by atomic mass is 16.6. The second kappa shape index (κ2) is 8.18. The molecule has 3 aromatic rings. The quantitative estimate of drug-likeness (QED) is 0.693. The summed E-state index contributed by atoms with van der Waals surface area (Å²) in [5.74, 6) is 2.20. The molecule has 0 fully saturated rings. The topological polar surface area (TPSA) is 85.4 Å². The van der Waals surface area contributed by atoms with Crippen LogP contribution in [0.3, 0.4) is 0 Å². The molecule has 0 atom stereocenters. The maximum atomic E-state index is 12.6. The Morgan fingerprint density at radius 3 is 2.52 bits per heavy atom. The Hall–Kier alpha value is -3.61. The van der Waals surface area contributed by atoms with E-state index in [1.165, 1.54) is 5.56 Å². The molecule has 0 bridgehead atoms. The zero-order chi connectivity index (χ0) is 20.2. The first-order valence-electron chi connectivity index (χ1n) is 9.43. The SMILES string of the molecule is Cc1ccc(CNC(=O)c2cc(Nc3ccc4c(c3)OCCO4)nc(C)n2)cc1. The normalized spacial score (nSPS) is 12.3. The molecule has 7 heteroatoms. The minimum absolute atomic E-state index is 0.249. The Balaban J connectivity index is 1.47. The number of aryl methyl sites for hydroxylation is 2. The van der Waals surface area contributed by atoms with Gasteiger partial charge in [0.25, 0.3) is 5.91 Å². The Bertz CT molecular complexity index is 1030. The molecule has 0 spiro atoms. The Labute approximate surface area is 169 Å². The van der Waals surface area contributed by atoms with E-state index in [4.69, 9.17) is 9.47 Å². The number of benzene rings is 2. The molecule has 7 nitrogen and oxygen atoms in total. The van der Waals surface area contributed by atoms with Crippen LogP contribution in [-0.2, 0) is 6.54 Å². The largest absolute Gasteiger partial charge is 0.486 e. The van der Waals surface area contributed by atoms with E-state index in [1.807, 2.05) is 49.4 Å². The molecule has 29 heavy (non-hydrogen) atoms. The van der Waals surface area contributed by atoms with E-state index in [0.717, 1.165) is 17.0 Å².